The molecule has 3 unspecified atom stereocenters. The van der Waals surface area contributed by atoms with Crippen LogP contribution in [0.4, 0.5) is 0 Å². The number of fused-ring (bicyclic) bond motifs is 3. The number of methoxy groups -OCH3 is 2. The second-order valence-corrected chi connectivity index (χ2v) is 30.3. The molecule has 14 rings (SSSR count). The van der Waals surface area contributed by atoms with E-state index >= 15 is 0 Å². The minimum Gasteiger partial charge on any atom is -0.396 e. The number of Topliss-reactive ketones (excluding diaryl/α,β-unsaturated/α-hetero) is 1. The summed E-state index contributed by atoms with van der Waals surface area (Å²) in [5.41, 5.74) is 5.09. The van der Waals surface area contributed by atoms with Crippen LogP contribution in [0.25, 0.3) is 32.3 Å². The average molecular weight is 1460 g/mol. The molecule has 3 saturated heterocycles. The highest BCUT2D eigenvalue weighted by Gasteiger charge is 2.36. The molecule has 4 aliphatic carbocycles. The number of ketones is 1. The molecule has 1 N–H and O–H groups in total. The summed E-state index contributed by atoms with van der Waals surface area (Å²) in [6.07, 6.45) is 26.9. The number of likely N-dealkylation sites (tertiary alicyclic amines) is 1. The number of hydrogen-bond acceptors (Lipinski definition) is 13. The van der Waals surface area contributed by atoms with Gasteiger partial charge in [0.15, 0.2) is 0 Å². The standard InChI is InChI=1S/C24H32N2O2.C22H27NO2.C18H25Cl2NO2.C12H25NO2.C12H12O/c1-19(27)25-13-15-26(16-14-25)23-8-4-5-9-24(23)28-17-12-20-10-11-21-6-2-3-7-22(21)18-20;24-19-12-14-23(16-19)21-10-3-4-11-22(21)25-15-13-18-8-5-7-17-6-1-2-9-20(17)18;19-15-6-5-14(13-16(15)20)7-10-23-18-4-2-1-3-17(18)21-8-11-22-12-9-21;1-14-10-8-13(9-11-15-2)12-6-4-3-5-7-12;13-8-7-10-5-6-11-3-1-2-4-12(11)9-10/h2-3,6-7,10-11,18,23-24H,4-5,8-9,12-17H2,1H3;1-2,5-9,21-22H,3-4,10-16H2;5-6,13,17-18H,1-4,7-12H2;12H,3-11H2,1-2H3;1-6,9,13H,7-8H2/t23?,24-;21?,22-;17?,18-;;/m000../s1. The van der Waals surface area contributed by atoms with E-state index in [0.29, 0.717) is 52.7 Å². The van der Waals surface area contributed by atoms with Crippen molar-refractivity contribution in [2.45, 2.75) is 191 Å². The summed E-state index contributed by atoms with van der Waals surface area (Å²) in [7, 11) is 3.55. The van der Waals surface area contributed by atoms with Crippen LogP contribution in [0.1, 0.15) is 145 Å². The Balaban J connectivity index is 0.000000143. The van der Waals surface area contributed by atoms with Crippen molar-refractivity contribution in [2.24, 2.45) is 0 Å². The number of carbonyl (C=O) groups is 2. The van der Waals surface area contributed by atoms with E-state index in [1.165, 1.54) is 151 Å². The summed E-state index contributed by atoms with van der Waals surface area (Å²) in [6, 6.07) is 53.0. The summed E-state index contributed by atoms with van der Waals surface area (Å²) < 4.78 is 34.8. The normalized spacial score (nSPS) is 22.2. The van der Waals surface area contributed by atoms with Crippen molar-refractivity contribution >= 4 is 67.2 Å². The molecule has 4 saturated carbocycles. The zero-order valence-corrected chi connectivity index (χ0v) is 64.4. The smallest absolute Gasteiger partial charge is 0.219 e. The number of halogens is 2. The number of aliphatic hydroxyl groups excluding tert-OH is 1. The number of ether oxygens (including phenoxy) is 6. The van der Waals surface area contributed by atoms with Crippen LogP contribution in [0.2, 0.25) is 10.0 Å². The Hall–Kier alpha value is -5.40. The van der Waals surface area contributed by atoms with Crippen molar-refractivity contribution < 1.29 is 43.1 Å². The molecule has 0 aromatic heterocycles. The van der Waals surface area contributed by atoms with Crippen LogP contribution < -0.4 is 0 Å². The maximum atomic E-state index is 11.6. The first-order valence-corrected chi connectivity index (χ1v) is 40.4. The summed E-state index contributed by atoms with van der Waals surface area (Å²) in [6.45, 7) is 17.0. The molecule has 566 valence electrons. The Labute approximate surface area is 632 Å². The van der Waals surface area contributed by atoms with Gasteiger partial charge in [0.05, 0.1) is 81.2 Å². The molecule has 16 heteroatoms. The first-order chi connectivity index (χ1) is 51.0. The van der Waals surface area contributed by atoms with Crippen LogP contribution in [-0.4, -0.2) is 216 Å². The molecule has 14 nitrogen and oxygen atoms in total. The number of rotatable bonds is 24. The number of amides is 1. The molecule has 7 aromatic carbocycles. The topological polar surface area (TPSA) is 126 Å². The number of nitrogens with zero attached hydrogens (tertiary/aromatic N) is 5. The highest BCUT2D eigenvalue weighted by molar-refractivity contribution is 6.42. The van der Waals surface area contributed by atoms with E-state index in [4.69, 9.17) is 56.7 Å². The number of piperazine rings is 1. The molecule has 3 heterocycles. The summed E-state index contributed by atoms with van der Waals surface area (Å²) in [5.74, 6) is 0.589. The van der Waals surface area contributed by atoms with Crippen LogP contribution in [-0.2, 0) is 63.7 Å². The van der Waals surface area contributed by atoms with Gasteiger partial charge in [-0.15, -0.1) is 0 Å². The van der Waals surface area contributed by atoms with Crippen LogP contribution in [0.5, 0.6) is 0 Å². The summed E-state index contributed by atoms with van der Waals surface area (Å²) >= 11 is 12.0. The van der Waals surface area contributed by atoms with Crippen LogP contribution in [0, 0.1) is 0 Å². The van der Waals surface area contributed by atoms with E-state index in [9.17, 15) is 9.59 Å². The lowest BCUT2D eigenvalue weighted by atomic mass is 9.90. The third-order valence-corrected chi connectivity index (χ3v) is 23.3. The van der Waals surface area contributed by atoms with Gasteiger partial charge in [0, 0.05) is 117 Å². The molecule has 3 aliphatic heterocycles. The third-order valence-electron chi connectivity index (χ3n) is 22.6. The molecule has 0 spiro atoms. The van der Waals surface area contributed by atoms with E-state index in [1.807, 2.05) is 35.2 Å². The van der Waals surface area contributed by atoms with Gasteiger partial charge < -0.3 is 38.4 Å². The molecule has 6 atom stereocenters. The van der Waals surface area contributed by atoms with Crippen LogP contribution in [0.3, 0.4) is 0 Å². The number of aliphatic hydroxyl groups is 1. The number of hydrogen-bond donors (Lipinski definition) is 1. The van der Waals surface area contributed by atoms with E-state index in [2.05, 4.69) is 135 Å². The fourth-order valence-corrected chi connectivity index (χ4v) is 17.0. The Morgan fingerprint density at radius 2 is 0.942 bits per heavy atom. The molecule has 0 bridgehead atoms. The van der Waals surface area contributed by atoms with E-state index in [-0.39, 0.29) is 18.6 Å². The van der Waals surface area contributed by atoms with Crippen LogP contribution in [0.15, 0.2) is 146 Å². The van der Waals surface area contributed by atoms with Crippen molar-refractivity contribution in [1.82, 2.24) is 24.5 Å². The minimum atomic E-state index is 0.200. The predicted molar refractivity (Wildman–Crippen MR) is 426 cm³/mol. The molecule has 7 aliphatic rings. The maximum absolute atomic E-state index is 11.6. The number of carbonyl (C=O) groups excluding carboxylic acids is 2. The average Bonchev–Trinajstić information content (AvgIpc) is 1.19. The lowest BCUT2D eigenvalue weighted by Gasteiger charge is -2.43. The van der Waals surface area contributed by atoms with Gasteiger partial charge in [-0.1, -0.05) is 214 Å². The SMILES string of the molecule is CC(=O)N1CCN(C2CCCC[C@@H]2OCCc2ccc3ccccc3c2)CC1.COCCN(CCOC)C1CCCCC1.Clc1ccc(CCO[C@H]2CCCCC2N2CCOCC2)cc1Cl.O=C1CCN(C2CCCC[C@@H]2OCCc2cccc3ccccc23)C1.OCCc1ccc2ccccc2c1. The molecule has 7 fully saturated rings. The number of morpholine rings is 1. The molecular weight excluding hydrogens is 1340 g/mol. The van der Waals surface area contributed by atoms with Gasteiger partial charge in [0.25, 0.3) is 0 Å². The molecular formula is C88H121Cl2N5O9. The Morgan fingerprint density at radius 3 is 1.47 bits per heavy atom. The van der Waals surface area contributed by atoms with Gasteiger partial charge in [0.2, 0.25) is 5.91 Å². The van der Waals surface area contributed by atoms with E-state index in [0.717, 1.165) is 156 Å². The Morgan fingerprint density at radius 1 is 0.471 bits per heavy atom. The summed E-state index contributed by atoms with van der Waals surface area (Å²) in [5, 5.41) is 17.7. The first-order valence-electron chi connectivity index (χ1n) is 39.6. The zero-order chi connectivity index (χ0) is 72.5. The third kappa shape index (κ3) is 25.6. The lowest BCUT2D eigenvalue weighted by Crippen LogP contribution is -2.55. The fourth-order valence-electron chi connectivity index (χ4n) is 16.7. The van der Waals surface area contributed by atoms with Gasteiger partial charge >= 0.3 is 0 Å². The maximum Gasteiger partial charge on any atom is 0.219 e. The zero-order valence-electron chi connectivity index (χ0n) is 62.9. The minimum absolute atomic E-state index is 0.200. The Kier molecular flexibility index (Phi) is 34.9. The van der Waals surface area contributed by atoms with Crippen molar-refractivity contribution in [2.75, 3.05) is 133 Å². The number of benzene rings is 7. The van der Waals surface area contributed by atoms with E-state index < -0.39 is 0 Å². The molecule has 0 radical (unpaired) electrons. The molecule has 104 heavy (non-hydrogen) atoms. The second kappa shape index (κ2) is 44.8. The van der Waals surface area contributed by atoms with Crippen molar-refractivity contribution in [3.05, 3.63) is 178 Å². The summed E-state index contributed by atoms with van der Waals surface area (Å²) in [4.78, 5) is 35.2. The first kappa shape index (κ1) is 81.1. The largest absolute Gasteiger partial charge is 0.396 e. The molecule has 1 amide bonds. The fraction of sp³-hybridized carbons (Fsp3) is 0.568. The Bertz CT molecular complexity index is 3620. The highest BCUT2D eigenvalue weighted by atomic mass is 35.5. The predicted octanol–water partition coefficient (Wildman–Crippen LogP) is 16.3. The lowest BCUT2D eigenvalue weighted by molar-refractivity contribution is -0.131. The van der Waals surface area contributed by atoms with Gasteiger partial charge in [-0.05, 0) is 144 Å². The van der Waals surface area contributed by atoms with Gasteiger partial charge in [-0.25, -0.2) is 0 Å². The highest BCUT2D eigenvalue weighted by Crippen LogP contribution is 2.32. The van der Waals surface area contributed by atoms with Crippen molar-refractivity contribution in [1.29, 1.82) is 0 Å². The van der Waals surface area contributed by atoms with Crippen molar-refractivity contribution in [3.8, 4) is 0 Å². The van der Waals surface area contributed by atoms with Crippen molar-refractivity contribution in [3.63, 3.8) is 0 Å². The van der Waals surface area contributed by atoms with Gasteiger partial charge in [-0.3, -0.25) is 29.2 Å². The monoisotopic (exact) mass is 1460 g/mol. The van der Waals surface area contributed by atoms with Crippen LogP contribution >= 0.6 is 23.2 Å². The van der Waals surface area contributed by atoms with Gasteiger partial charge in [0.1, 0.15) is 5.78 Å². The van der Waals surface area contributed by atoms with Gasteiger partial charge in [-0.2, -0.15) is 0 Å². The van der Waals surface area contributed by atoms with E-state index in [1.54, 1.807) is 21.1 Å². The second-order valence-electron chi connectivity index (χ2n) is 29.5. The molecule has 7 aromatic rings. The quantitative estimate of drug-likeness (QED) is 0.0618.